The molecule has 1 aliphatic rings. The minimum atomic E-state index is -0.943. The Morgan fingerprint density at radius 2 is 2.00 bits per heavy atom. The number of pyridine rings is 1. The van der Waals surface area contributed by atoms with Gasteiger partial charge in [0, 0.05) is 34.0 Å². The number of aliphatic hydroxyl groups excluding tert-OH is 1. The smallest absolute Gasteiger partial charge is 0.181 e. The SMILES string of the molecule is COC(O)c1ccn2c(NC3CCCCC3)c(-c3ccccc3I)nc2c1. The fourth-order valence-electron chi connectivity index (χ4n) is 3.77. The molecule has 0 aliphatic heterocycles. The Bertz CT molecular complexity index is 934. The number of imidazole rings is 1. The molecule has 2 heterocycles. The highest BCUT2D eigenvalue weighted by Gasteiger charge is 2.21. The summed E-state index contributed by atoms with van der Waals surface area (Å²) in [4.78, 5) is 4.92. The van der Waals surface area contributed by atoms with Crippen molar-refractivity contribution >= 4 is 34.1 Å². The Kier molecular flexibility index (Phi) is 5.66. The number of ether oxygens (including phenoxy) is 1. The number of halogens is 1. The Hall–Kier alpha value is -1.64. The van der Waals surface area contributed by atoms with Gasteiger partial charge in [-0.1, -0.05) is 37.5 Å². The van der Waals surface area contributed by atoms with Crippen LogP contribution in [0.5, 0.6) is 0 Å². The molecule has 1 saturated carbocycles. The molecule has 0 bridgehead atoms. The summed E-state index contributed by atoms with van der Waals surface area (Å²) in [6.07, 6.45) is 7.28. The van der Waals surface area contributed by atoms with E-state index >= 15 is 0 Å². The maximum Gasteiger partial charge on any atom is 0.181 e. The molecule has 3 aromatic rings. The quantitative estimate of drug-likeness (QED) is 0.402. The van der Waals surface area contributed by atoms with E-state index in [-0.39, 0.29) is 0 Å². The molecular weight excluding hydrogens is 453 g/mol. The molecule has 1 atom stereocenters. The molecule has 0 amide bonds. The lowest BCUT2D eigenvalue weighted by atomic mass is 9.95. The van der Waals surface area contributed by atoms with Gasteiger partial charge in [-0.15, -0.1) is 0 Å². The maximum absolute atomic E-state index is 10.0. The van der Waals surface area contributed by atoms with Crippen LogP contribution in [0, 0.1) is 3.57 Å². The number of benzene rings is 1. The maximum atomic E-state index is 10.0. The second-order valence-corrected chi connectivity index (χ2v) is 8.21. The predicted molar refractivity (Wildman–Crippen MR) is 116 cm³/mol. The molecule has 1 aliphatic carbocycles. The highest BCUT2D eigenvalue weighted by Crippen LogP contribution is 2.34. The minimum absolute atomic E-state index is 0.475. The number of hydrogen-bond donors (Lipinski definition) is 2. The van der Waals surface area contributed by atoms with Crippen molar-refractivity contribution in [2.45, 2.75) is 44.4 Å². The highest BCUT2D eigenvalue weighted by molar-refractivity contribution is 14.1. The van der Waals surface area contributed by atoms with E-state index in [0.717, 1.165) is 22.7 Å². The van der Waals surface area contributed by atoms with Crippen LogP contribution in [0.2, 0.25) is 0 Å². The predicted octanol–water partition coefficient (Wildman–Crippen LogP) is 4.99. The van der Waals surface area contributed by atoms with Crippen molar-refractivity contribution in [1.82, 2.24) is 9.38 Å². The van der Waals surface area contributed by atoms with E-state index in [9.17, 15) is 5.11 Å². The molecule has 0 radical (unpaired) electrons. The molecule has 142 valence electrons. The first kappa shape index (κ1) is 18.7. The van der Waals surface area contributed by atoms with Gasteiger partial charge in [-0.05, 0) is 53.6 Å². The van der Waals surface area contributed by atoms with Crippen molar-refractivity contribution in [1.29, 1.82) is 0 Å². The number of nitrogens with one attached hydrogen (secondary N) is 1. The zero-order chi connectivity index (χ0) is 18.8. The molecule has 1 fully saturated rings. The lowest BCUT2D eigenvalue weighted by molar-refractivity contribution is -0.0769. The summed E-state index contributed by atoms with van der Waals surface area (Å²) in [6, 6.07) is 12.6. The number of aromatic nitrogens is 2. The first-order valence-electron chi connectivity index (χ1n) is 9.41. The molecule has 27 heavy (non-hydrogen) atoms. The van der Waals surface area contributed by atoms with Gasteiger partial charge in [0.05, 0.1) is 0 Å². The number of anilines is 1. The largest absolute Gasteiger partial charge is 0.367 e. The van der Waals surface area contributed by atoms with Crippen LogP contribution < -0.4 is 5.32 Å². The number of aliphatic hydroxyl groups is 1. The zero-order valence-electron chi connectivity index (χ0n) is 15.4. The summed E-state index contributed by atoms with van der Waals surface area (Å²) in [5.74, 6) is 1.03. The van der Waals surface area contributed by atoms with Crippen molar-refractivity contribution in [3.8, 4) is 11.3 Å². The monoisotopic (exact) mass is 477 g/mol. The second-order valence-electron chi connectivity index (χ2n) is 7.04. The molecule has 2 aromatic heterocycles. The van der Waals surface area contributed by atoms with E-state index in [1.165, 1.54) is 42.8 Å². The van der Waals surface area contributed by atoms with Crippen LogP contribution in [0.15, 0.2) is 42.6 Å². The summed E-state index contributed by atoms with van der Waals surface area (Å²) in [7, 11) is 1.49. The van der Waals surface area contributed by atoms with Crippen LogP contribution in [0.1, 0.15) is 44.0 Å². The van der Waals surface area contributed by atoms with Crippen LogP contribution in [0.25, 0.3) is 16.9 Å². The van der Waals surface area contributed by atoms with Gasteiger partial charge in [0.25, 0.3) is 0 Å². The minimum Gasteiger partial charge on any atom is -0.367 e. The first-order chi connectivity index (χ1) is 13.2. The summed E-state index contributed by atoms with van der Waals surface area (Å²) in [5.41, 5.74) is 3.58. The molecule has 2 N–H and O–H groups in total. The van der Waals surface area contributed by atoms with E-state index in [1.807, 2.05) is 30.5 Å². The average Bonchev–Trinajstić information content (AvgIpc) is 3.06. The summed E-state index contributed by atoms with van der Waals surface area (Å²) in [6.45, 7) is 0. The lowest BCUT2D eigenvalue weighted by Gasteiger charge is -2.24. The summed E-state index contributed by atoms with van der Waals surface area (Å²) in [5, 5.41) is 13.8. The van der Waals surface area contributed by atoms with Crippen LogP contribution >= 0.6 is 22.6 Å². The highest BCUT2D eigenvalue weighted by atomic mass is 127. The van der Waals surface area contributed by atoms with Gasteiger partial charge < -0.3 is 15.2 Å². The molecule has 4 rings (SSSR count). The lowest BCUT2D eigenvalue weighted by Crippen LogP contribution is -2.23. The third-order valence-corrected chi connectivity index (χ3v) is 6.17. The number of hydrogen-bond acceptors (Lipinski definition) is 4. The van der Waals surface area contributed by atoms with Gasteiger partial charge in [0.2, 0.25) is 0 Å². The zero-order valence-corrected chi connectivity index (χ0v) is 17.5. The van der Waals surface area contributed by atoms with Gasteiger partial charge >= 0.3 is 0 Å². The molecule has 5 nitrogen and oxygen atoms in total. The van der Waals surface area contributed by atoms with Crippen molar-refractivity contribution in [2.75, 3.05) is 12.4 Å². The van der Waals surface area contributed by atoms with Gasteiger partial charge in [-0.2, -0.15) is 0 Å². The van der Waals surface area contributed by atoms with Gasteiger partial charge in [-0.3, -0.25) is 4.40 Å². The normalized spacial score (nSPS) is 16.6. The van der Waals surface area contributed by atoms with E-state index in [1.54, 1.807) is 0 Å². The number of fused-ring (bicyclic) bond motifs is 1. The van der Waals surface area contributed by atoms with E-state index in [0.29, 0.717) is 11.6 Å². The molecule has 6 heteroatoms. The van der Waals surface area contributed by atoms with E-state index in [4.69, 9.17) is 9.72 Å². The van der Waals surface area contributed by atoms with E-state index in [2.05, 4.69) is 44.4 Å². The molecular formula is C21H24IN3O2. The summed E-state index contributed by atoms with van der Waals surface area (Å²) >= 11 is 2.36. The standard InChI is InChI=1S/C21H24IN3O2/c1-27-21(26)14-11-12-25-18(13-14)24-19(16-9-5-6-10-17(16)22)20(25)23-15-7-3-2-4-8-15/h5-6,9-13,15,21,23,26H,2-4,7-8H2,1H3. The van der Waals surface area contributed by atoms with Crippen LogP contribution in [-0.4, -0.2) is 27.6 Å². The van der Waals surface area contributed by atoms with Gasteiger partial charge in [-0.25, -0.2) is 4.98 Å². The summed E-state index contributed by atoms with van der Waals surface area (Å²) < 4.78 is 8.30. The Balaban J connectivity index is 1.83. The fraction of sp³-hybridized carbons (Fsp3) is 0.381. The average molecular weight is 477 g/mol. The van der Waals surface area contributed by atoms with Crippen molar-refractivity contribution < 1.29 is 9.84 Å². The van der Waals surface area contributed by atoms with Crippen molar-refractivity contribution in [3.05, 3.63) is 51.7 Å². The number of methoxy groups -OCH3 is 1. The molecule has 0 saturated heterocycles. The van der Waals surface area contributed by atoms with Crippen LogP contribution in [0.3, 0.4) is 0 Å². The first-order valence-corrected chi connectivity index (χ1v) is 10.5. The number of nitrogens with zero attached hydrogens (tertiary/aromatic N) is 2. The Labute approximate surface area is 172 Å². The third kappa shape index (κ3) is 3.83. The fourth-order valence-corrected chi connectivity index (χ4v) is 4.41. The molecule has 0 spiro atoms. The Morgan fingerprint density at radius 3 is 2.74 bits per heavy atom. The molecule has 1 aromatic carbocycles. The van der Waals surface area contributed by atoms with Crippen LogP contribution in [-0.2, 0) is 4.74 Å². The van der Waals surface area contributed by atoms with Gasteiger partial charge in [0.1, 0.15) is 17.2 Å². The van der Waals surface area contributed by atoms with Crippen LogP contribution in [0.4, 0.5) is 5.82 Å². The third-order valence-electron chi connectivity index (χ3n) is 5.23. The Morgan fingerprint density at radius 1 is 1.22 bits per heavy atom. The topological polar surface area (TPSA) is 58.8 Å². The number of rotatable bonds is 5. The van der Waals surface area contributed by atoms with Gasteiger partial charge in [0.15, 0.2) is 6.29 Å². The second kappa shape index (κ2) is 8.16. The van der Waals surface area contributed by atoms with Crippen molar-refractivity contribution in [2.24, 2.45) is 0 Å². The molecule has 1 unspecified atom stereocenters. The van der Waals surface area contributed by atoms with Crippen molar-refractivity contribution in [3.63, 3.8) is 0 Å². The van der Waals surface area contributed by atoms with E-state index < -0.39 is 6.29 Å².